The highest BCUT2D eigenvalue weighted by Gasteiger charge is 2.16. The van der Waals surface area contributed by atoms with Crippen molar-refractivity contribution in [2.75, 3.05) is 19.0 Å². The van der Waals surface area contributed by atoms with Crippen LogP contribution in [0.2, 0.25) is 0 Å². The highest BCUT2D eigenvalue weighted by Crippen LogP contribution is 2.25. The number of nitrogens with zero attached hydrogens (tertiary/aromatic N) is 1. The number of carbonyl (C=O) groups excluding carboxylic acids is 1. The van der Waals surface area contributed by atoms with E-state index in [1.807, 2.05) is 0 Å². The molecule has 0 unspecified atom stereocenters. The summed E-state index contributed by atoms with van der Waals surface area (Å²) in [6, 6.07) is 4.06. The molecule has 0 heterocycles. The summed E-state index contributed by atoms with van der Waals surface area (Å²) in [7, 11) is 1.22. The van der Waals surface area contributed by atoms with Gasteiger partial charge >= 0.3 is 11.9 Å². The molecule has 0 radical (unpaired) electrons. The second-order valence-electron chi connectivity index (χ2n) is 3.61. The molecule has 8 heteroatoms. The molecule has 0 aromatic heterocycles. The predicted molar refractivity (Wildman–Crippen MR) is 64.9 cm³/mol. The summed E-state index contributed by atoms with van der Waals surface area (Å²) in [5.41, 5.74) is 0.211. The molecule has 0 amide bonds. The van der Waals surface area contributed by atoms with Crippen LogP contribution in [0.4, 0.5) is 11.4 Å². The van der Waals surface area contributed by atoms with Crippen LogP contribution in [0.1, 0.15) is 5.56 Å². The number of carboxylic acids is 1. The van der Waals surface area contributed by atoms with Gasteiger partial charge in [-0.3, -0.25) is 19.7 Å². The van der Waals surface area contributed by atoms with E-state index in [9.17, 15) is 19.7 Å². The first-order chi connectivity index (χ1) is 8.93. The van der Waals surface area contributed by atoms with Gasteiger partial charge in [0.25, 0.3) is 5.69 Å². The van der Waals surface area contributed by atoms with Crippen molar-refractivity contribution >= 4 is 23.3 Å². The second kappa shape index (κ2) is 6.34. The quantitative estimate of drug-likeness (QED) is 0.445. The van der Waals surface area contributed by atoms with E-state index in [1.54, 1.807) is 0 Å². The van der Waals surface area contributed by atoms with E-state index in [0.717, 1.165) is 0 Å². The first-order valence-corrected chi connectivity index (χ1v) is 5.24. The molecule has 1 aromatic rings. The van der Waals surface area contributed by atoms with E-state index in [-0.39, 0.29) is 17.8 Å². The number of nitro groups is 1. The number of nitrogens with one attached hydrogen (secondary N) is 1. The number of hydrogen-bond acceptors (Lipinski definition) is 6. The number of aliphatic carboxylic acids is 1. The molecule has 0 spiro atoms. The van der Waals surface area contributed by atoms with Gasteiger partial charge in [-0.25, -0.2) is 0 Å². The number of benzene rings is 1. The smallest absolute Gasteiger partial charge is 0.322 e. The lowest BCUT2D eigenvalue weighted by atomic mass is 10.1. The Hall–Kier alpha value is -2.64. The van der Waals surface area contributed by atoms with Gasteiger partial charge in [-0.15, -0.1) is 0 Å². The van der Waals surface area contributed by atoms with Gasteiger partial charge in [0.1, 0.15) is 12.2 Å². The van der Waals surface area contributed by atoms with Crippen LogP contribution in [0.3, 0.4) is 0 Å². The highest BCUT2D eigenvalue weighted by molar-refractivity contribution is 5.76. The van der Waals surface area contributed by atoms with E-state index in [0.29, 0.717) is 5.56 Å². The van der Waals surface area contributed by atoms with Crippen molar-refractivity contribution in [1.29, 1.82) is 0 Å². The maximum absolute atomic E-state index is 11.1. The van der Waals surface area contributed by atoms with Crippen molar-refractivity contribution in [1.82, 2.24) is 0 Å². The summed E-state index contributed by atoms with van der Waals surface area (Å²) < 4.78 is 4.46. The van der Waals surface area contributed by atoms with Crippen LogP contribution < -0.4 is 5.32 Å². The standard InChI is InChI=1S/C11H12N2O6/c1-19-11(16)5-7-2-3-8(12-6-10(14)15)9(4-7)13(17)18/h2-4,12H,5-6H2,1H3,(H,14,15). The number of esters is 1. The van der Waals surface area contributed by atoms with Gasteiger partial charge < -0.3 is 15.2 Å². The fraction of sp³-hybridized carbons (Fsp3) is 0.273. The van der Waals surface area contributed by atoms with Crippen LogP contribution in [0.5, 0.6) is 0 Å². The molecule has 1 rings (SSSR count). The molecule has 2 N–H and O–H groups in total. The number of carboxylic acid groups (broad SMARTS) is 1. The van der Waals surface area contributed by atoms with Crippen LogP contribution in [0.25, 0.3) is 0 Å². The molecule has 0 saturated carbocycles. The van der Waals surface area contributed by atoms with Crippen molar-refractivity contribution in [2.24, 2.45) is 0 Å². The van der Waals surface area contributed by atoms with Crippen molar-refractivity contribution in [2.45, 2.75) is 6.42 Å². The lowest BCUT2D eigenvalue weighted by Gasteiger charge is -2.06. The largest absolute Gasteiger partial charge is 0.480 e. The number of methoxy groups -OCH3 is 1. The third kappa shape index (κ3) is 4.26. The Morgan fingerprint density at radius 1 is 1.47 bits per heavy atom. The van der Waals surface area contributed by atoms with Crippen LogP contribution in [-0.4, -0.2) is 35.6 Å². The summed E-state index contributed by atoms with van der Waals surface area (Å²) in [6.45, 7) is -0.433. The van der Waals surface area contributed by atoms with Crippen molar-refractivity contribution in [3.05, 3.63) is 33.9 Å². The Labute approximate surface area is 108 Å². The first-order valence-electron chi connectivity index (χ1n) is 5.24. The van der Waals surface area contributed by atoms with Gasteiger partial charge in [-0.2, -0.15) is 0 Å². The molecule has 8 nitrogen and oxygen atoms in total. The summed E-state index contributed by atoms with van der Waals surface area (Å²) in [6.07, 6.45) is -0.0868. The van der Waals surface area contributed by atoms with E-state index < -0.39 is 23.4 Å². The Kier molecular flexibility index (Phi) is 4.81. The van der Waals surface area contributed by atoms with Gasteiger partial charge in [-0.05, 0) is 11.6 Å². The van der Waals surface area contributed by atoms with Crippen LogP contribution in [-0.2, 0) is 20.7 Å². The predicted octanol–water partition coefficient (Wildman–Crippen LogP) is 0.807. The van der Waals surface area contributed by atoms with Crippen molar-refractivity contribution in [3.8, 4) is 0 Å². The zero-order valence-electron chi connectivity index (χ0n) is 10.1. The third-order valence-electron chi connectivity index (χ3n) is 2.27. The maximum Gasteiger partial charge on any atom is 0.322 e. The number of nitro benzene ring substituents is 1. The van der Waals surface area contributed by atoms with Crippen LogP contribution in [0.15, 0.2) is 18.2 Å². The Morgan fingerprint density at radius 2 is 2.16 bits per heavy atom. The van der Waals surface area contributed by atoms with Gasteiger partial charge in [0, 0.05) is 6.07 Å². The molecule has 0 aliphatic rings. The average molecular weight is 268 g/mol. The van der Waals surface area contributed by atoms with E-state index in [4.69, 9.17) is 5.11 Å². The normalized spacial score (nSPS) is 9.74. The molecule has 0 atom stereocenters. The molecule has 1 aromatic carbocycles. The van der Waals surface area contributed by atoms with Gasteiger partial charge in [0.05, 0.1) is 18.5 Å². The monoisotopic (exact) mass is 268 g/mol. The van der Waals surface area contributed by atoms with Crippen molar-refractivity contribution in [3.63, 3.8) is 0 Å². The lowest BCUT2D eigenvalue weighted by Crippen LogP contribution is -2.13. The fourth-order valence-corrected chi connectivity index (χ4v) is 1.40. The number of ether oxygens (including phenoxy) is 1. The van der Waals surface area contributed by atoms with Gasteiger partial charge in [0.2, 0.25) is 0 Å². The summed E-state index contributed by atoms with van der Waals surface area (Å²) in [4.78, 5) is 31.7. The zero-order valence-corrected chi connectivity index (χ0v) is 10.1. The van der Waals surface area contributed by atoms with Gasteiger partial charge in [0.15, 0.2) is 0 Å². The molecule has 102 valence electrons. The molecule has 0 bridgehead atoms. The second-order valence-corrected chi connectivity index (χ2v) is 3.61. The SMILES string of the molecule is COC(=O)Cc1ccc(NCC(=O)O)c([N+](=O)[O-])c1. The molecular weight excluding hydrogens is 256 g/mol. The van der Waals surface area contributed by atoms with Crippen LogP contribution in [0, 0.1) is 10.1 Å². The molecule has 0 saturated heterocycles. The van der Waals surface area contributed by atoms with E-state index >= 15 is 0 Å². The number of rotatable bonds is 6. The number of hydrogen-bond donors (Lipinski definition) is 2. The average Bonchev–Trinajstić information content (AvgIpc) is 2.36. The fourth-order valence-electron chi connectivity index (χ4n) is 1.40. The minimum atomic E-state index is -1.13. The zero-order chi connectivity index (χ0) is 14.4. The Balaban J connectivity index is 2.97. The molecule has 0 aliphatic heterocycles. The summed E-state index contributed by atoms with van der Waals surface area (Å²) >= 11 is 0. The summed E-state index contributed by atoms with van der Waals surface area (Å²) in [5.74, 6) is -1.64. The molecule has 0 aliphatic carbocycles. The van der Waals surface area contributed by atoms with Crippen molar-refractivity contribution < 1.29 is 24.4 Å². The van der Waals surface area contributed by atoms with E-state index in [2.05, 4.69) is 10.1 Å². The van der Waals surface area contributed by atoms with E-state index in [1.165, 1.54) is 25.3 Å². The summed E-state index contributed by atoms with van der Waals surface area (Å²) in [5, 5.41) is 21.8. The number of anilines is 1. The van der Waals surface area contributed by atoms with Gasteiger partial charge in [-0.1, -0.05) is 6.07 Å². The molecular formula is C11H12N2O6. The number of carbonyl (C=O) groups is 2. The topological polar surface area (TPSA) is 119 Å². The minimum absolute atomic E-state index is 0.0843. The first kappa shape index (κ1) is 14.4. The Bertz CT molecular complexity index is 514. The molecule has 0 fully saturated rings. The lowest BCUT2D eigenvalue weighted by molar-refractivity contribution is -0.384. The maximum atomic E-state index is 11.1. The minimum Gasteiger partial charge on any atom is -0.480 e. The highest BCUT2D eigenvalue weighted by atomic mass is 16.6. The van der Waals surface area contributed by atoms with Crippen LogP contribution >= 0.6 is 0 Å². The Morgan fingerprint density at radius 3 is 2.68 bits per heavy atom. The third-order valence-corrected chi connectivity index (χ3v) is 2.27. The molecule has 19 heavy (non-hydrogen) atoms.